The van der Waals surface area contributed by atoms with E-state index in [1.165, 1.54) is 0 Å². The summed E-state index contributed by atoms with van der Waals surface area (Å²) in [4.78, 5) is 24.2. The van der Waals surface area contributed by atoms with Gasteiger partial charge in [0.1, 0.15) is 0 Å². The van der Waals surface area contributed by atoms with Crippen LogP contribution in [0.15, 0.2) is 60.7 Å². The Bertz CT molecular complexity index is 621. The Kier molecular flexibility index (Phi) is 4.38. The number of anilines is 1. The van der Waals surface area contributed by atoms with Crippen LogP contribution in [0.25, 0.3) is 0 Å². The maximum Gasteiger partial charge on any atom is 0.339 e. The number of carbonyl (C=O) groups is 2. The molecule has 0 aliphatic carbocycles. The van der Waals surface area contributed by atoms with Crippen molar-refractivity contribution >= 4 is 17.6 Å². The molecule has 0 radical (unpaired) electrons. The van der Waals surface area contributed by atoms with E-state index in [4.69, 9.17) is 4.74 Å². The van der Waals surface area contributed by atoms with Gasteiger partial charge in [0.2, 0.25) is 0 Å². The third-order valence-corrected chi connectivity index (χ3v) is 2.94. The van der Waals surface area contributed by atoms with Gasteiger partial charge in [-0.05, 0) is 38.1 Å². The topological polar surface area (TPSA) is 55.4 Å². The lowest BCUT2D eigenvalue weighted by molar-refractivity contribution is -0.131. The van der Waals surface area contributed by atoms with Crippen LogP contribution in [0.2, 0.25) is 0 Å². The second-order valence-corrected chi connectivity index (χ2v) is 5.09. The van der Waals surface area contributed by atoms with E-state index in [9.17, 15) is 9.59 Å². The molecule has 0 atom stereocenters. The molecule has 0 fully saturated rings. The smallest absolute Gasteiger partial charge is 0.339 e. The second-order valence-electron chi connectivity index (χ2n) is 5.09. The van der Waals surface area contributed by atoms with Crippen molar-refractivity contribution in [3.63, 3.8) is 0 Å². The molecule has 0 saturated heterocycles. The Morgan fingerprint density at radius 1 is 0.905 bits per heavy atom. The van der Waals surface area contributed by atoms with E-state index in [2.05, 4.69) is 5.32 Å². The lowest BCUT2D eigenvalue weighted by atomic mass is 10.1. The fourth-order valence-electron chi connectivity index (χ4n) is 1.71. The van der Waals surface area contributed by atoms with Crippen LogP contribution in [-0.4, -0.2) is 17.5 Å². The molecule has 0 spiro atoms. The molecule has 0 unspecified atom stereocenters. The van der Waals surface area contributed by atoms with Gasteiger partial charge in [0.25, 0.3) is 5.91 Å². The standard InChI is InChI=1S/C17H17NO3/c1-17(2,16(20)18-14-11-7-4-8-12-14)21-15(19)13-9-5-3-6-10-13/h3-12H,1-2H3,(H,18,20). The van der Waals surface area contributed by atoms with Crippen molar-refractivity contribution in [1.82, 2.24) is 0 Å². The van der Waals surface area contributed by atoms with Crippen molar-refractivity contribution in [2.24, 2.45) is 0 Å². The third kappa shape index (κ3) is 3.92. The summed E-state index contributed by atoms with van der Waals surface area (Å²) in [5, 5.41) is 2.72. The molecular formula is C17H17NO3. The summed E-state index contributed by atoms with van der Waals surface area (Å²) in [5.41, 5.74) is -0.188. The predicted molar refractivity (Wildman–Crippen MR) is 81.0 cm³/mol. The van der Waals surface area contributed by atoms with E-state index in [1.807, 2.05) is 24.3 Å². The number of esters is 1. The molecule has 0 heterocycles. The number of amides is 1. The van der Waals surface area contributed by atoms with E-state index < -0.39 is 11.6 Å². The molecule has 108 valence electrons. The van der Waals surface area contributed by atoms with Crippen LogP contribution >= 0.6 is 0 Å². The molecule has 2 aromatic rings. The van der Waals surface area contributed by atoms with Gasteiger partial charge in [-0.3, -0.25) is 4.79 Å². The van der Waals surface area contributed by atoms with Crippen molar-refractivity contribution < 1.29 is 14.3 Å². The van der Waals surface area contributed by atoms with E-state index in [-0.39, 0.29) is 5.91 Å². The Morgan fingerprint density at radius 2 is 1.43 bits per heavy atom. The van der Waals surface area contributed by atoms with Gasteiger partial charge in [-0.1, -0.05) is 36.4 Å². The number of ether oxygens (including phenoxy) is 1. The molecule has 0 saturated carbocycles. The van der Waals surface area contributed by atoms with Crippen molar-refractivity contribution in [3.05, 3.63) is 66.2 Å². The van der Waals surface area contributed by atoms with Crippen LogP contribution in [0, 0.1) is 0 Å². The van der Waals surface area contributed by atoms with Crippen molar-refractivity contribution in [1.29, 1.82) is 0 Å². The van der Waals surface area contributed by atoms with Crippen LogP contribution in [-0.2, 0) is 9.53 Å². The molecule has 4 heteroatoms. The molecule has 1 N–H and O–H groups in total. The first kappa shape index (κ1) is 14.8. The molecule has 0 aliphatic rings. The molecule has 21 heavy (non-hydrogen) atoms. The minimum Gasteiger partial charge on any atom is -0.446 e. The van der Waals surface area contributed by atoms with E-state index in [0.717, 1.165) is 0 Å². The zero-order chi connectivity index (χ0) is 15.3. The Balaban J connectivity index is 2.04. The monoisotopic (exact) mass is 283 g/mol. The molecule has 2 rings (SSSR count). The average molecular weight is 283 g/mol. The fraction of sp³-hybridized carbons (Fsp3) is 0.176. The maximum atomic E-state index is 12.2. The van der Waals surface area contributed by atoms with Crippen LogP contribution < -0.4 is 5.32 Å². The average Bonchev–Trinajstić information content (AvgIpc) is 2.48. The highest BCUT2D eigenvalue weighted by Crippen LogP contribution is 2.16. The normalized spacial score (nSPS) is 10.8. The van der Waals surface area contributed by atoms with Gasteiger partial charge in [-0.2, -0.15) is 0 Å². The van der Waals surface area contributed by atoms with Crippen molar-refractivity contribution in [3.8, 4) is 0 Å². The summed E-state index contributed by atoms with van der Waals surface area (Å²) in [6.45, 7) is 3.12. The number of benzene rings is 2. The number of para-hydroxylation sites is 1. The Morgan fingerprint density at radius 3 is 2.00 bits per heavy atom. The number of rotatable bonds is 4. The highest BCUT2D eigenvalue weighted by atomic mass is 16.6. The maximum absolute atomic E-state index is 12.2. The largest absolute Gasteiger partial charge is 0.446 e. The molecule has 0 aliphatic heterocycles. The number of carbonyl (C=O) groups excluding carboxylic acids is 2. The molecule has 0 bridgehead atoms. The first-order valence-corrected chi connectivity index (χ1v) is 6.64. The van der Waals surface area contributed by atoms with Crippen LogP contribution in [0.3, 0.4) is 0 Å². The lowest BCUT2D eigenvalue weighted by Gasteiger charge is -2.24. The third-order valence-electron chi connectivity index (χ3n) is 2.94. The quantitative estimate of drug-likeness (QED) is 0.876. The van der Waals surface area contributed by atoms with Gasteiger partial charge in [-0.25, -0.2) is 4.79 Å². The highest BCUT2D eigenvalue weighted by Gasteiger charge is 2.32. The number of hydrogen-bond acceptors (Lipinski definition) is 3. The molecule has 2 aromatic carbocycles. The summed E-state index contributed by atoms with van der Waals surface area (Å²) in [6.07, 6.45) is 0. The van der Waals surface area contributed by atoms with Gasteiger partial charge in [0.05, 0.1) is 5.56 Å². The van der Waals surface area contributed by atoms with Gasteiger partial charge < -0.3 is 10.1 Å². The first-order valence-electron chi connectivity index (χ1n) is 6.64. The first-order chi connectivity index (χ1) is 9.99. The fourth-order valence-corrected chi connectivity index (χ4v) is 1.71. The van der Waals surface area contributed by atoms with Crippen LogP contribution in [0.4, 0.5) is 5.69 Å². The van der Waals surface area contributed by atoms with E-state index in [0.29, 0.717) is 11.3 Å². The number of nitrogens with one attached hydrogen (secondary N) is 1. The van der Waals surface area contributed by atoms with Gasteiger partial charge in [0, 0.05) is 5.69 Å². The van der Waals surface area contributed by atoms with Gasteiger partial charge in [0.15, 0.2) is 5.60 Å². The highest BCUT2D eigenvalue weighted by molar-refractivity contribution is 5.99. The minimum absolute atomic E-state index is 0.377. The zero-order valence-corrected chi connectivity index (χ0v) is 12.0. The second kappa shape index (κ2) is 6.22. The van der Waals surface area contributed by atoms with Crippen LogP contribution in [0.5, 0.6) is 0 Å². The molecule has 1 amide bonds. The van der Waals surface area contributed by atoms with Gasteiger partial charge in [-0.15, -0.1) is 0 Å². The van der Waals surface area contributed by atoms with E-state index >= 15 is 0 Å². The predicted octanol–water partition coefficient (Wildman–Crippen LogP) is 3.26. The molecule has 0 aromatic heterocycles. The van der Waals surface area contributed by atoms with Crippen LogP contribution in [0.1, 0.15) is 24.2 Å². The Hall–Kier alpha value is -2.62. The summed E-state index contributed by atoms with van der Waals surface area (Å²) in [5.74, 6) is -0.901. The molecule has 4 nitrogen and oxygen atoms in total. The van der Waals surface area contributed by atoms with Crippen molar-refractivity contribution in [2.75, 3.05) is 5.32 Å². The Labute approximate surface area is 123 Å². The lowest BCUT2D eigenvalue weighted by Crippen LogP contribution is -2.41. The summed E-state index contributed by atoms with van der Waals surface area (Å²) < 4.78 is 5.31. The van der Waals surface area contributed by atoms with Crippen molar-refractivity contribution in [2.45, 2.75) is 19.4 Å². The molecular weight excluding hydrogens is 266 g/mol. The minimum atomic E-state index is -1.26. The van der Waals surface area contributed by atoms with E-state index in [1.54, 1.807) is 50.2 Å². The number of hydrogen-bond donors (Lipinski definition) is 1. The van der Waals surface area contributed by atoms with Gasteiger partial charge >= 0.3 is 5.97 Å². The summed E-state index contributed by atoms with van der Waals surface area (Å²) in [7, 11) is 0. The summed E-state index contributed by atoms with van der Waals surface area (Å²) in [6, 6.07) is 17.6. The SMILES string of the molecule is CC(C)(OC(=O)c1ccccc1)C(=O)Nc1ccccc1. The zero-order valence-electron chi connectivity index (χ0n) is 12.0. The summed E-state index contributed by atoms with van der Waals surface area (Å²) >= 11 is 0.